The Balaban J connectivity index is 0.907. The number of thioether (sulfide) groups is 1. The third kappa shape index (κ3) is 7.55. The predicted octanol–water partition coefficient (Wildman–Crippen LogP) is 6.46. The first-order chi connectivity index (χ1) is 27.5. The fourth-order valence-corrected chi connectivity index (χ4v) is 9.74. The predicted molar refractivity (Wildman–Crippen MR) is 218 cm³/mol. The fraction of sp³-hybridized carbons (Fsp3) is 0.357. The van der Waals surface area contributed by atoms with Crippen molar-refractivity contribution in [3.05, 3.63) is 116 Å². The van der Waals surface area contributed by atoms with Gasteiger partial charge in [-0.1, -0.05) is 47.5 Å². The number of imide groups is 1. The first kappa shape index (κ1) is 38.4. The Hall–Kier alpha value is -5.47. The molecule has 0 bridgehead atoms. The summed E-state index contributed by atoms with van der Waals surface area (Å²) in [5.74, 6) is 0.965. The molecule has 15 heteroatoms. The number of halogens is 1. The molecule has 57 heavy (non-hydrogen) atoms. The van der Waals surface area contributed by atoms with Crippen LogP contribution in [0.3, 0.4) is 0 Å². The van der Waals surface area contributed by atoms with Gasteiger partial charge in [0.15, 0.2) is 5.82 Å². The summed E-state index contributed by atoms with van der Waals surface area (Å²) in [6.45, 7) is 9.25. The largest absolute Gasteiger partial charge is 0.492 e. The van der Waals surface area contributed by atoms with E-state index in [1.54, 1.807) is 17.8 Å². The molecule has 3 N–H and O–H groups in total. The van der Waals surface area contributed by atoms with Crippen LogP contribution in [0.1, 0.15) is 96.2 Å². The van der Waals surface area contributed by atoms with Gasteiger partial charge in [0.05, 0.1) is 29.5 Å². The highest BCUT2D eigenvalue weighted by molar-refractivity contribution is 8.03. The minimum Gasteiger partial charge on any atom is -0.492 e. The molecule has 4 aliphatic heterocycles. The maximum atomic E-state index is 13.8. The van der Waals surface area contributed by atoms with Crippen LogP contribution in [-0.2, 0) is 20.9 Å². The molecule has 8 rings (SSSR count). The number of ether oxygens (including phenoxy) is 1. The second-order valence-electron chi connectivity index (χ2n) is 14.8. The molecular weight excluding hydrogens is 764 g/mol. The first-order valence-corrected chi connectivity index (χ1v) is 20.3. The number of benzene rings is 3. The molecule has 4 aliphatic rings. The van der Waals surface area contributed by atoms with E-state index in [9.17, 15) is 19.2 Å². The topological polar surface area (TPSA) is 160 Å². The average Bonchev–Trinajstić information content (AvgIpc) is 3.81. The van der Waals surface area contributed by atoms with Gasteiger partial charge in [0.1, 0.15) is 30.3 Å². The van der Waals surface area contributed by atoms with Crippen LogP contribution >= 0.6 is 23.4 Å². The van der Waals surface area contributed by atoms with E-state index < -0.39 is 18.0 Å². The van der Waals surface area contributed by atoms with E-state index in [0.29, 0.717) is 41.7 Å². The van der Waals surface area contributed by atoms with E-state index in [-0.39, 0.29) is 54.4 Å². The van der Waals surface area contributed by atoms with Crippen LogP contribution in [0.15, 0.2) is 82.2 Å². The van der Waals surface area contributed by atoms with Crippen molar-refractivity contribution in [1.82, 2.24) is 30.3 Å². The lowest BCUT2D eigenvalue weighted by molar-refractivity contribution is -0.137. The van der Waals surface area contributed by atoms with Crippen LogP contribution in [0.2, 0.25) is 5.02 Å². The lowest BCUT2D eigenvalue weighted by atomic mass is 9.90. The number of anilines is 1. The molecule has 3 aromatic carbocycles. The Kier molecular flexibility index (Phi) is 10.7. The summed E-state index contributed by atoms with van der Waals surface area (Å²) in [6.07, 6.45) is 0.605. The highest BCUT2D eigenvalue weighted by Gasteiger charge is 2.43. The molecule has 0 spiro atoms. The van der Waals surface area contributed by atoms with Gasteiger partial charge in [-0.2, -0.15) is 0 Å². The van der Waals surface area contributed by atoms with Gasteiger partial charge in [-0.25, -0.2) is 0 Å². The summed E-state index contributed by atoms with van der Waals surface area (Å²) in [4.78, 5) is 59.2. The molecule has 5 heterocycles. The van der Waals surface area contributed by atoms with Crippen molar-refractivity contribution in [3.63, 3.8) is 0 Å². The molecule has 1 aromatic heterocycles. The molecular formula is C42H43ClN8O5S. The minimum atomic E-state index is -0.673. The van der Waals surface area contributed by atoms with Gasteiger partial charge in [-0.3, -0.25) is 34.1 Å². The van der Waals surface area contributed by atoms with Crippen LogP contribution in [0, 0.1) is 12.8 Å². The second-order valence-corrected chi connectivity index (χ2v) is 16.6. The lowest BCUT2D eigenvalue weighted by Gasteiger charge is -2.29. The Bertz CT molecular complexity index is 2340. The first-order valence-electron chi connectivity index (χ1n) is 19.1. The second kappa shape index (κ2) is 15.8. The number of nitrogens with one attached hydrogen (secondary N) is 3. The number of carbonyl (C=O) groups is 4. The van der Waals surface area contributed by atoms with Crippen LogP contribution < -0.4 is 20.7 Å². The number of piperidine rings is 1. The summed E-state index contributed by atoms with van der Waals surface area (Å²) in [6, 6.07) is 19.3. The summed E-state index contributed by atoms with van der Waals surface area (Å²) < 4.78 is 8.26. The highest BCUT2D eigenvalue weighted by Crippen LogP contribution is 2.53. The van der Waals surface area contributed by atoms with E-state index in [1.165, 1.54) is 15.4 Å². The molecule has 0 saturated carbocycles. The Morgan fingerprint density at radius 2 is 1.84 bits per heavy atom. The molecule has 294 valence electrons. The monoisotopic (exact) mass is 806 g/mol. The number of carbonyl (C=O) groups excluding carboxylic acids is 4. The van der Waals surface area contributed by atoms with Gasteiger partial charge >= 0.3 is 0 Å². The fourth-order valence-electron chi connectivity index (χ4n) is 8.10. The minimum absolute atomic E-state index is 0.0115. The molecule has 13 nitrogen and oxygen atoms in total. The van der Waals surface area contributed by atoms with Crippen LogP contribution in [-0.4, -0.2) is 68.2 Å². The Morgan fingerprint density at radius 1 is 1.05 bits per heavy atom. The van der Waals surface area contributed by atoms with E-state index in [4.69, 9.17) is 21.3 Å². The number of aryl methyl sites for hydroxylation is 1. The normalized spacial score (nSPS) is 21.9. The number of aromatic nitrogens is 3. The third-order valence-electron chi connectivity index (χ3n) is 11.2. The van der Waals surface area contributed by atoms with Gasteiger partial charge < -0.3 is 20.3 Å². The van der Waals surface area contributed by atoms with Crippen molar-refractivity contribution in [2.75, 3.05) is 18.5 Å². The number of hydrogen-bond donors (Lipinski definition) is 3. The maximum Gasteiger partial charge on any atom is 0.255 e. The van der Waals surface area contributed by atoms with Gasteiger partial charge in [-0.05, 0) is 86.5 Å². The van der Waals surface area contributed by atoms with Crippen LogP contribution in [0.5, 0.6) is 5.75 Å². The Morgan fingerprint density at radius 3 is 2.63 bits per heavy atom. The SMILES string of the molecule is CC1=C(C)C2C(c3ccc(Cl)cc3)=N[C@@H](CC(=O)N[C@H](C)c3cccc(OCCNc4cccc5c4CN(C4CCC(=O)NC4=O)C5=O)c3)c3nnc(C)n3C2S1. The van der Waals surface area contributed by atoms with Gasteiger partial charge in [0.25, 0.3) is 5.91 Å². The Labute approximate surface area is 339 Å². The standard InChI is InChI=1S/C42H43ClN8O5S/c1-22-24(3)57-42-37(22)38(26-11-13-28(43)14-12-26)46-33(39-49-48-25(4)51(39)42)20-36(53)45-23(2)27-7-5-8-29(19-27)56-18-17-44-32-10-6-9-30-31(32)21-50(41(30)55)34-15-16-35(52)47-40(34)54/h5-14,19,23,33-34,37,42,44H,15-18,20-21H2,1-4H3,(H,45,53)(H,47,52,54)/t23-,33+,34?,37?,42?/m1/s1. The smallest absolute Gasteiger partial charge is 0.255 e. The van der Waals surface area contributed by atoms with Crippen LogP contribution in [0.4, 0.5) is 5.69 Å². The van der Waals surface area contributed by atoms with E-state index >= 15 is 0 Å². The van der Waals surface area contributed by atoms with Crippen molar-refractivity contribution >= 4 is 58.4 Å². The zero-order valence-corrected chi connectivity index (χ0v) is 33.6. The highest BCUT2D eigenvalue weighted by atomic mass is 35.5. The number of hydrogen-bond acceptors (Lipinski definition) is 10. The van der Waals surface area contributed by atoms with E-state index in [2.05, 4.69) is 44.6 Å². The molecule has 4 aromatic rings. The molecule has 4 amide bonds. The third-order valence-corrected chi connectivity index (χ3v) is 12.8. The molecule has 0 radical (unpaired) electrons. The molecule has 1 fully saturated rings. The zero-order valence-electron chi connectivity index (χ0n) is 32.0. The summed E-state index contributed by atoms with van der Waals surface area (Å²) in [7, 11) is 0. The van der Waals surface area contributed by atoms with E-state index in [1.807, 2.05) is 74.5 Å². The molecule has 0 aliphatic carbocycles. The van der Waals surface area contributed by atoms with Gasteiger partial charge in [0.2, 0.25) is 17.7 Å². The van der Waals surface area contributed by atoms with Crippen molar-refractivity contribution in [3.8, 4) is 5.75 Å². The van der Waals surface area contributed by atoms with Crippen molar-refractivity contribution in [2.24, 2.45) is 10.9 Å². The van der Waals surface area contributed by atoms with Gasteiger partial charge in [0, 0.05) is 41.3 Å². The quantitative estimate of drug-likeness (QED) is 0.114. The molecule has 5 atom stereocenters. The average molecular weight is 807 g/mol. The number of fused-ring (bicyclic) bond motifs is 4. The van der Waals surface area contributed by atoms with Crippen molar-refractivity contribution in [1.29, 1.82) is 0 Å². The number of amides is 4. The summed E-state index contributed by atoms with van der Waals surface area (Å²) in [5, 5.41) is 18.5. The van der Waals surface area contributed by atoms with Gasteiger partial charge in [-0.15, -0.1) is 22.0 Å². The van der Waals surface area contributed by atoms with Crippen molar-refractivity contribution < 1.29 is 23.9 Å². The lowest BCUT2D eigenvalue weighted by Crippen LogP contribution is -2.52. The molecule has 3 unspecified atom stereocenters. The van der Waals surface area contributed by atoms with E-state index in [0.717, 1.165) is 33.9 Å². The maximum absolute atomic E-state index is 13.8. The summed E-state index contributed by atoms with van der Waals surface area (Å²) in [5.41, 5.74) is 6.15. The number of nitrogens with zero attached hydrogens (tertiary/aromatic N) is 5. The van der Waals surface area contributed by atoms with Crippen molar-refractivity contribution in [2.45, 2.75) is 77.0 Å². The van der Waals surface area contributed by atoms with Crippen LogP contribution in [0.25, 0.3) is 0 Å². The number of rotatable bonds is 11. The summed E-state index contributed by atoms with van der Waals surface area (Å²) >= 11 is 8.05. The zero-order chi connectivity index (χ0) is 40.0. The number of allylic oxidation sites excluding steroid dienone is 2. The molecule has 1 saturated heterocycles. The number of aliphatic imine (C=N–C) groups is 1.